The number of unbranched alkanes of at least 4 members (excludes halogenated alkanes) is 1. The summed E-state index contributed by atoms with van der Waals surface area (Å²) in [5, 5.41) is 7.42. The van der Waals surface area contributed by atoms with Crippen molar-refractivity contribution in [3.05, 3.63) is 0 Å². The SMILES string of the molecule is CC(=O)O.CCCCC(CCC(C)OC)C(C)CC(=O)OC. The number of carbonyl (C=O) groups is 2. The van der Waals surface area contributed by atoms with Crippen molar-refractivity contribution < 1.29 is 24.2 Å². The van der Waals surface area contributed by atoms with E-state index in [9.17, 15) is 4.79 Å². The van der Waals surface area contributed by atoms with Gasteiger partial charge < -0.3 is 14.6 Å². The minimum Gasteiger partial charge on any atom is -0.481 e. The first-order valence-electron chi connectivity index (χ1n) is 8.07. The lowest BCUT2D eigenvalue weighted by Crippen LogP contribution is -2.19. The summed E-state index contributed by atoms with van der Waals surface area (Å²) in [5.74, 6) is 0.0681. The summed E-state index contributed by atoms with van der Waals surface area (Å²) < 4.78 is 10.1. The summed E-state index contributed by atoms with van der Waals surface area (Å²) in [6.45, 7) is 7.55. The molecule has 0 aliphatic rings. The summed E-state index contributed by atoms with van der Waals surface area (Å²) in [5.41, 5.74) is 0. The Morgan fingerprint density at radius 2 is 1.64 bits per heavy atom. The van der Waals surface area contributed by atoms with E-state index >= 15 is 0 Å². The number of hydrogen-bond donors (Lipinski definition) is 1. The Morgan fingerprint density at radius 3 is 2.05 bits per heavy atom. The quantitative estimate of drug-likeness (QED) is 0.618. The van der Waals surface area contributed by atoms with Gasteiger partial charge in [-0.2, -0.15) is 0 Å². The third-order valence-corrected chi connectivity index (χ3v) is 3.80. The van der Waals surface area contributed by atoms with Crippen LogP contribution >= 0.6 is 0 Å². The number of aliphatic carboxylic acids is 1. The lowest BCUT2D eigenvalue weighted by Gasteiger charge is -2.24. The largest absolute Gasteiger partial charge is 0.481 e. The minimum absolute atomic E-state index is 0.0937. The van der Waals surface area contributed by atoms with Crippen LogP contribution in [-0.2, 0) is 19.1 Å². The van der Waals surface area contributed by atoms with Crippen LogP contribution in [0, 0.1) is 11.8 Å². The maximum atomic E-state index is 11.3. The molecule has 0 saturated heterocycles. The van der Waals surface area contributed by atoms with E-state index in [2.05, 4.69) is 20.8 Å². The molecule has 5 nitrogen and oxygen atoms in total. The molecule has 0 amide bonds. The summed E-state index contributed by atoms with van der Waals surface area (Å²) in [6, 6.07) is 0. The van der Waals surface area contributed by atoms with E-state index in [1.165, 1.54) is 26.4 Å². The lowest BCUT2D eigenvalue weighted by molar-refractivity contribution is -0.142. The van der Waals surface area contributed by atoms with Crippen molar-refractivity contribution in [1.29, 1.82) is 0 Å². The molecular weight excluding hydrogens is 284 g/mol. The Morgan fingerprint density at radius 1 is 1.09 bits per heavy atom. The average molecular weight is 318 g/mol. The van der Waals surface area contributed by atoms with Crippen LogP contribution in [0.1, 0.15) is 66.2 Å². The molecule has 5 heteroatoms. The second kappa shape index (κ2) is 14.8. The second-order valence-corrected chi connectivity index (χ2v) is 5.80. The molecule has 22 heavy (non-hydrogen) atoms. The van der Waals surface area contributed by atoms with Crippen molar-refractivity contribution in [1.82, 2.24) is 0 Å². The molecule has 0 aliphatic heterocycles. The first-order chi connectivity index (χ1) is 10.3. The maximum absolute atomic E-state index is 11.3. The van der Waals surface area contributed by atoms with Gasteiger partial charge in [-0.25, -0.2) is 0 Å². The molecule has 3 atom stereocenters. The van der Waals surface area contributed by atoms with Crippen LogP contribution in [0.3, 0.4) is 0 Å². The number of carboxylic acid groups (broad SMARTS) is 1. The molecule has 0 bridgehead atoms. The van der Waals surface area contributed by atoms with Crippen molar-refractivity contribution in [2.75, 3.05) is 14.2 Å². The highest BCUT2D eigenvalue weighted by Gasteiger charge is 2.20. The van der Waals surface area contributed by atoms with Crippen LogP contribution in [0.5, 0.6) is 0 Å². The molecule has 0 aliphatic carbocycles. The molecule has 0 spiro atoms. The maximum Gasteiger partial charge on any atom is 0.305 e. The second-order valence-electron chi connectivity index (χ2n) is 5.80. The Hall–Kier alpha value is -1.10. The van der Waals surface area contributed by atoms with Crippen molar-refractivity contribution in [2.45, 2.75) is 72.3 Å². The Balaban J connectivity index is 0. The minimum atomic E-state index is -0.833. The van der Waals surface area contributed by atoms with Gasteiger partial charge in [-0.3, -0.25) is 9.59 Å². The fraction of sp³-hybridized carbons (Fsp3) is 0.882. The van der Waals surface area contributed by atoms with E-state index in [1.54, 1.807) is 7.11 Å². The van der Waals surface area contributed by atoms with Crippen molar-refractivity contribution in [3.8, 4) is 0 Å². The third-order valence-electron chi connectivity index (χ3n) is 3.80. The van der Waals surface area contributed by atoms with Crippen LogP contribution in [0.4, 0.5) is 0 Å². The Labute approximate surface area is 135 Å². The number of esters is 1. The van der Waals surface area contributed by atoms with Gasteiger partial charge in [-0.1, -0.05) is 33.1 Å². The standard InChI is InChI=1S/C15H30O3.C2H4O2/c1-6-7-8-14(10-9-13(3)17-4)12(2)11-15(16)18-5;1-2(3)4/h12-14H,6-11H2,1-5H3;1H3,(H,3,4). The Bertz CT molecular complexity index is 287. The number of hydrogen-bond acceptors (Lipinski definition) is 4. The van der Waals surface area contributed by atoms with Gasteiger partial charge in [0.25, 0.3) is 5.97 Å². The van der Waals surface area contributed by atoms with Crippen molar-refractivity contribution >= 4 is 11.9 Å². The zero-order chi connectivity index (χ0) is 17.5. The highest BCUT2D eigenvalue weighted by molar-refractivity contribution is 5.69. The van der Waals surface area contributed by atoms with Gasteiger partial charge in [-0.05, 0) is 31.6 Å². The molecule has 132 valence electrons. The van der Waals surface area contributed by atoms with Crippen LogP contribution in [0.25, 0.3) is 0 Å². The van der Waals surface area contributed by atoms with Gasteiger partial charge >= 0.3 is 5.97 Å². The molecule has 0 radical (unpaired) electrons. The van der Waals surface area contributed by atoms with Gasteiger partial charge in [0.2, 0.25) is 0 Å². The fourth-order valence-electron chi connectivity index (χ4n) is 2.26. The molecule has 0 rings (SSSR count). The molecule has 0 aromatic rings. The molecule has 1 N–H and O–H groups in total. The number of rotatable bonds is 10. The van der Waals surface area contributed by atoms with E-state index in [0.717, 1.165) is 19.8 Å². The summed E-state index contributed by atoms with van der Waals surface area (Å²) in [4.78, 5) is 20.3. The van der Waals surface area contributed by atoms with Crippen LogP contribution in [0.2, 0.25) is 0 Å². The smallest absolute Gasteiger partial charge is 0.305 e. The predicted octanol–water partition coefficient (Wildman–Crippen LogP) is 3.90. The fourth-order valence-corrected chi connectivity index (χ4v) is 2.26. The topological polar surface area (TPSA) is 72.8 Å². The average Bonchev–Trinajstić information content (AvgIpc) is 2.45. The van der Waals surface area contributed by atoms with E-state index in [4.69, 9.17) is 19.4 Å². The normalized spacial score (nSPS) is 14.3. The summed E-state index contributed by atoms with van der Waals surface area (Å²) in [7, 11) is 3.21. The van der Waals surface area contributed by atoms with Gasteiger partial charge in [0, 0.05) is 20.5 Å². The molecule has 0 heterocycles. The highest BCUT2D eigenvalue weighted by Crippen LogP contribution is 2.27. The zero-order valence-corrected chi connectivity index (χ0v) is 15.1. The molecule has 0 fully saturated rings. The van der Waals surface area contributed by atoms with E-state index in [-0.39, 0.29) is 5.97 Å². The number of carbonyl (C=O) groups excluding carboxylic acids is 1. The predicted molar refractivity (Wildman–Crippen MR) is 87.8 cm³/mol. The van der Waals surface area contributed by atoms with E-state index in [0.29, 0.717) is 24.4 Å². The van der Waals surface area contributed by atoms with E-state index < -0.39 is 5.97 Å². The van der Waals surface area contributed by atoms with Crippen LogP contribution < -0.4 is 0 Å². The third kappa shape index (κ3) is 15.3. The number of carboxylic acids is 1. The monoisotopic (exact) mass is 318 g/mol. The Kier molecular flexibility index (Phi) is 15.6. The van der Waals surface area contributed by atoms with Crippen molar-refractivity contribution in [2.24, 2.45) is 11.8 Å². The van der Waals surface area contributed by atoms with Gasteiger partial charge in [-0.15, -0.1) is 0 Å². The lowest BCUT2D eigenvalue weighted by atomic mass is 9.83. The number of ether oxygens (including phenoxy) is 2. The molecule has 3 unspecified atom stereocenters. The zero-order valence-electron chi connectivity index (χ0n) is 15.1. The first-order valence-corrected chi connectivity index (χ1v) is 8.07. The van der Waals surface area contributed by atoms with Gasteiger partial charge in [0.1, 0.15) is 0 Å². The molecular formula is C17H34O5. The molecule has 0 saturated carbocycles. The van der Waals surface area contributed by atoms with E-state index in [1.807, 2.05) is 0 Å². The summed E-state index contributed by atoms with van der Waals surface area (Å²) >= 11 is 0. The van der Waals surface area contributed by atoms with Gasteiger partial charge in [0.05, 0.1) is 13.2 Å². The van der Waals surface area contributed by atoms with Crippen LogP contribution in [0.15, 0.2) is 0 Å². The first kappa shape index (κ1) is 23.2. The highest BCUT2D eigenvalue weighted by atomic mass is 16.5. The molecule has 0 aromatic heterocycles. The van der Waals surface area contributed by atoms with Crippen LogP contribution in [-0.4, -0.2) is 37.4 Å². The molecule has 0 aromatic carbocycles. The van der Waals surface area contributed by atoms with Gasteiger partial charge in [0.15, 0.2) is 0 Å². The number of methoxy groups -OCH3 is 2. The van der Waals surface area contributed by atoms with Crippen molar-refractivity contribution in [3.63, 3.8) is 0 Å². The summed E-state index contributed by atoms with van der Waals surface area (Å²) in [6.07, 6.45) is 6.68.